The first-order valence-corrected chi connectivity index (χ1v) is 13.7. The van der Waals surface area contributed by atoms with Crippen molar-refractivity contribution in [3.63, 3.8) is 0 Å². The number of esters is 4. The lowest BCUT2D eigenvalue weighted by Crippen LogP contribution is -2.59. The highest BCUT2D eigenvalue weighted by molar-refractivity contribution is 7.12. The highest BCUT2D eigenvalue weighted by Gasteiger charge is 2.53. The van der Waals surface area contributed by atoms with Crippen LogP contribution in [0.3, 0.4) is 0 Å². The van der Waals surface area contributed by atoms with Crippen LogP contribution in [-0.2, 0) is 55.7 Å². The van der Waals surface area contributed by atoms with Crippen molar-refractivity contribution in [1.29, 1.82) is 0 Å². The first-order valence-electron chi connectivity index (χ1n) is 12.9. The molecule has 1 saturated heterocycles. The van der Waals surface area contributed by atoms with Gasteiger partial charge in [0.2, 0.25) is 0 Å². The molecule has 1 aliphatic heterocycles. The zero-order chi connectivity index (χ0) is 28.9. The Morgan fingerprint density at radius 3 is 1.85 bits per heavy atom. The van der Waals surface area contributed by atoms with Crippen LogP contribution < -0.4 is 0 Å². The third-order valence-electron chi connectivity index (χ3n) is 6.63. The van der Waals surface area contributed by atoms with Gasteiger partial charge in [-0.15, -0.1) is 11.3 Å². The summed E-state index contributed by atoms with van der Waals surface area (Å²) < 4.78 is 28.3. The average molecular weight is 561 g/mol. The Labute approximate surface area is 232 Å². The Kier molecular flexibility index (Phi) is 10.3. The molecule has 39 heavy (non-hydrogen) atoms. The van der Waals surface area contributed by atoms with E-state index in [2.05, 4.69) is 31.2 Å². The molecule has 9 nitrogen and oxygen atoms in total. The molecule has 1 fully saturated rings. The molecule has 1 aromatic heterocycles. The number of carbonyl (C=O) groups excluding carboxylic acids is 4. The van der Waals surface area contributed by atoms with Crippen molar-refractivity contribution < 1.29 is 42.9 Å². The van der Waals surface area contributed by atoms with Crippen molar-refractivity contribution >= 4 is 35.2 Å². The van der Waals surface area contributed by atoms with Crippen LogP contribution >= 0.6 is 11.3 Å². The summed E-state index contributed by atoms with van der Waals surface area (Å²) in [6, 6.07) is 8.46. The third kappa shape index (κ3) is 7.67. The third-order valence-corrected chi connectivity index (χ3v) is 8.08. The lowest BCUT2D eigenvalue weighted by atomic mass is 9.91. The Hall–Kier alpha value is -3.24. The average Bonchev–Trinajstić information content (AvgIpc) is 3.13. The number of hydrogen-bond donors (Lipinski definition) is 0. The van der Waals surface area contributed by atoms with Gasteiger partial charge in [-0.1, -0.05) is 31.2 Å². The molecule has 5 atom stereocenters. The summed E-state index contributed by atoms with van der Waals surface area (Å²) in [5.41, 5.74) is 4.43. The van der Waals surface area contributed by atoms with Gasteiger partial charge < -0.3 is 23.7 Å². The number of benzene rings is 1. The second-order valence-corrected chi connectivity index (χ2v) is 10.7. The fourth-order valence-corrected chi connectivity index (χ4v) is 6.06. The number of thiophene rings is 1. The maximum atomic E-state index is 12.2. The van der Waals surface area contributed by atoms with Gasteiger partial charge in [0.05, 0.1) is 0 Å². The van der Waals surface area contributed by atoms with Gasteiger partial charge in [-0.25, -0.2) is 0 Å². The van der Waals surface area contributed by atoms with Crippen molar-refractivity contribution in [2.24, 2.45) is 0 Å². The van der Waals surface area contributed by atoms with E-state index in [0.717, 1.165) is 32.9 Å². The van der Waals surface area contributed by atoms with Crippen LogP contribution in [0, 0.1) is 13.8 Å². The summed E-state index contributed by atoms with van der Waals surface area (Å²) in [5.74, 6) is -2.49. The number of carbonyl (C=O) groups is 4. The molecule has 1 aliphatic rings. The number of aryl methyl sites for hydroxylation is 1. The van der Waals surface area contributed by atoms with Crippen molar-refractivity contribution in [3.05, 3.63) is 56.3 Å². The summed E-state index contributed by atoms with van der Waals surface area (Å²) in [6.07, 6.45) is -3.67. The SMILES string of the molecule is CCc1ccc(Cc2sc(C3OC(COC(C)=O)C(OC(C)=O)C(OC(C)=O)C3OC(C)=O)c(C)c2C)cc1. The van der Waals surface area contributed by atoms with Crippen molar-refractivity contribution in [2.75, 3.05) is 6.61 Å². The number of hydrogen-bond acceptors (Lipinski definition) is 10. The highest BCUT2D eigenvalue weighted by Crippen LogP contribution is 2.43. The minimum atomic E-state index is -1.19. The highest BCUT2D eigenvalue weighted by atomic mass is 32.1. The molecule has 2 aromatic rings. The van der Waals surface area contributed by atoms with Crippen LogP contribution in [0.25, 0.3) is 0 Å². The van der Waals surface area contributed by atoms with Gasteiger partial charge in [-0.3, -0.25) is 19.2 Å². The van der Waals surface area contributed by atoms with E-state index in [9.17, 15) is 19.2 Å². The van der Waals surface area contributed by atoms with Gasteiger partial charge in [0.15, 0.2) is 18.3 Å². The molecule has 0 bridgehead atoms. The minimum absolute atomic E-state index is 0.256. The molecule has 10 heteroatoms. The van der Waals surface area contributed by atoms with Crippen LogP contribution in [0.1, 0.15) is 72.7 Å². The second kappa shape index (κ2) is 13.2. The monoisotopic (exact) mass is 560 g/mol. The molecule has 1 aromatic carbocycles. The number of ether oxygens (including phenoxy) is 5. The predicted octanol–water partition coefficient (Wildman–Crippen LogP) is 4.32. The van der Waals surface area contributed by atoms with Crippen LogP contribution in [0.15, 0.2) is 24.3 Å². The molecule has 0 spiro atoms. The minimum Gasteiger partial charge on any atom is -0.463 e. The Morgan fingerprint density at radius 1 is 0.769 bits per heavy atom. The zero-order valence-corrected chi connectivity index (χ0v) is 24.2. The van der Waals surface area contributed by atoms with E-state index in [4.69, 9.17) is 23.7 Å². The quantitative estimate of drug-likeness (QED) is 0.327. The normalized spacial score (nSPS) is 22.6. The van der Waals surface area contributed by atoms with E-state index in [-0.39, 0.29) is 6.61 Å². The summed E-state index contributed by atoms with van der Waals surface area (Å²) in [6.45, 7) is 10.7. The van der Waals surface area contributed by atoms with Gasteiger partial charge in [0.25, 0.3) is 0 Å². The standard InChI is InChI=1S/C29H36O9S/c1-8-21-9-11-22(12-10-21)13-24-15(2)16(3)29(39-24)28-27(37-20(7)33)26(36-19(6)32)25(35-18(5)31)23(38-28)14-34-17(4)30/h9-12,23,25-28H,8,13-14H2,1-7H3. The Balaban J connectivity index is 2.07. The number of rotatable bonds is 9. The maximum absolute atomic E-state index is 12.2. The predicted molar refractivity (Wildman–Crippen MR) is 143 cm³/mol. The van der Waals surface area contributed by atoms with Gasteiger partial charge in [0, 0.05) is 43.9 Å². The fraction of sp³-hybridized carbons (Fsp3) is 0.517. The molecule has 0 saturated carbocycles. The molecule has 212 valence electrons. The molecular weight excluding hydrogens is 524 g/mol. The fourth-order valence-electron chi connectivity index (χ4n) is 4.64. The smallest absolute Gasteiger partial charge is 0.303 e. The van der Waals surface area contributed by atoms with Crippen molar-refractivity contribution in [2.45, 2.75) is 91.8 Å². The van der Waals surface area contributed by atoms with Gasteiger partial charge in [-0.05, 0) is 42.5 Å². The van der Waals surface area contributed by atoms with Gasteiger partial charge in [0.1, 0.15) is 18.8 Å². The lowest BCUT2D eigenvalue weighted by Gasteiger charge is -2.44. The van der Waals surface area contributed by atoms with Crippen LogP contribution in [0.2, 0.25) is 0 Å². The van der Waals surface area contributed by atoms with Crippen molar-refractivity contribution in [3.8, 4) is 0 Å². The van der Waals surface area contributed by atoms with Crippen LogP contribution in [0.4, 0.5) is 0 Å². The molecule has 2 heterocycles. The lowest BCUT2D eigenvalue weighted by molar-refractivity contribution is -0.254. The van der Waals surface area contributed by atoms with Gasteiger partial charge >= 0.3 is 23.9 Å². The van der Waals surface area contributed by atoms with E-state index in [1.54, 1.807) is 0 Å². The molecule has 3 rings (SSSR count). The van der Waals surface area contributed by atoms with Crippen molar-refractivity contribution in [1.82, 2.24) is 0 Å². The summed E-state index contributed by atoms with van der Waals surface area (Å²) >= 11 is 1.52. The van der Waals surface area contributed by atoms with Crippen LogP contribution in [-0.4, -0.2) is 54.9 Å². The summed E-state index contributed by atoms with van der Waals surface area (Å²) in [5, 5.41) is 0. The summed E-state index contributed by atoms with van der Waals surface area (Å²) in [7, 11) is 0. The van der Waals surface area contributed by atoms with E-state index in [1.165, 1.54) is 44.6 Å². The molecule has 5 unspecified atom stereocenters. The van der Waals surface area contributed by atoms with E-state index in [0.29, 0.717) is 6.42 Å². The summed E-state index contributed by atoms with van der Waals surface area (Å²) in [4.78, 5) is 49.8. The second-order valence-electron chi connectivity index (χ2n) is 9.61. The first kappa shape index (κ1) is 30.3. The molecule has 0 aliphatic carbocycles. The van der Waals surface area contributed by atoms with E-state index < -0.39 is 54.4 Å². The Bertz CT molecular complexity index is 1200. The zero-order valence-electron chi connectivity index (χ0n) is 23.4. The molecule has 0 radical (unpaired) electrons. The van der Waals surface area contributed by atoms with E-state index >= 15 is 0 Å². The van der Waals surface area contributed by atoms with Crippen LogP contribution in [0.5, 0.6) is 0 Å². The van der Waals surface area contributed by atoms with E-state index in [1.807, 2.05) is 13.8 Å². The first-order chi connectivity index (χ1) is 18.4. The Morgan fingerprint density at radius 2 is 1.31 bits per heavy atom. The molecular formula is C29H36O9S. The topological polar surface area (TPSA) is 114 Å². The van der Waals surface area contributed by atoms with Gasteiger partial charge in [-0.2, -0.15) is 0 Å². The maximum Gasteiger partial charge on any atom is 0.303 e. The largest absolute Gasteiger partial charge is 0.463 e. The molecule has 0 N–H and O–H groups in total. The molecule has 0 amide bonds.